The fraction of sp³-hybridized carbons (Fsp3) is 0.611. The summed E-state index contributed by atoms with van der Waals surface area (Å²) in [5.41, 5.74) is -0.0435. The van der Waals surface area contributed by atoms with Crippen LogP contribution in [0.1, 0.15) is 40.3 Å². The van der Waals surface area contributed by atoms with Crippen molar-refractivity contribution in [2.24, 2.45) is 18.4 Å². The average molecular weight is 385 g/mol. The molecule has 10 nitrogen and oxygen atoms in total. The third-order valence-electron chi connectivity index (χ3n) is 6.40. The summed E-state index contributed by atoms with van der Waals surface area (Å²) < 4.78 is 3.19. The highest BCUT2D eigenvalue weighted by Crippen LogP contribution is 2.42. The van der Waals surface area contributed by atoms with Gasteiger partial charge in [-0.05, 0) is 6.42 Å². The minimum absolute atomic E-state index is 0.0237. The highest BCUT2D eigenvalue weighted by molar-refractivity contribution is 5.93. The van der Waals surface area contributed by atoms with E-state index in [-0.39, 0.29) is 29.0 Å². The predicted octanol–water partition coefficient (Wildman–Crippen LogP) is -0.515. The van der Waals surface area contributed by atoms with E-state index in [1.807, 2.05) is 11.1 Å². The number of rotatable bonds is 2. The number of H-pyrrole nitrogens is 1. The zero-order valence-corrected chi connectivity index (χ0v) is 16.0. The van der Waals surface area contributed by atoms with Gasteiger partial charge in [-0.1, -0.05) is 6.92 Å². The molecule has 2 aromatic heterocycles. The van der Waals surface area contributed by atoms with Crippen LogP contribution in [-0.2, 0) is 20.0 Å². The zero-order valence-electron chi connectivity index (χ0n) is 16.0. The molecule has 2 fully saturated rings. The van der Waals surface area contributed by atoms with Crippen LogP contribution in [0, 0.1) is 11.3 Å². The molecule has 0 bridgehead atoms. The lowest BCUT2D eigenvalue weighted by Crippen LogP contribution is -2.38. The van der Waals surface area contributed by atoms with Crippen molar-refractivity contribution in [3.05, 3.63) is 34.0 Å². The average Bonchev–Trinajstić information content (AvgIpc) is 3.40. The Morgan fingerprint density at radius 1 is 1.21 bits per heavy atom. The fourth-order valence-corrected chi connectivity index (χ4v) is 4.82. The van der Waals surface area contributed by atoms with Crippen LogP contribution in [0.4, 0.5) is 0 Å². The summed E-state index contributed by atoms with van der Waals surface area (Å²) in [7, 11) is 1.50. The SMILES string of the molecule is Cn1nc(C(=O)N2C[C@@H]3CN(C(=O)c4cn5c(n4)CCC5)C[C@]3(C)C2)[nH]c1=O. The molecule has 2 atom stereocenters. The van der Waals surface area contributed by atoms with Gasteiger partial charge < -0.3 is 14.4 Å². The molecule has 2 amide bonds. The summed E-state index contributed by atoms with van der Waals surface area (Å²) in [6, 6.07) is 0. The first-order chi connectivity index (χ1) is 13.3. The maximum Gasteiger partial charge on any atom is 0.343 e. The molecule has 0 radical (unpaired) electrons. The molecule has 2 aromatic rings. The van der Waals surface area contributed by atoms with Gasteiger partial charge in [-0.25, -0.2) is 14.5 Å². The first-order valence-corrected chi connectivity index (χ1v) is 9.62. The van der Waals surface area contributed by atoms with Crippen molar-refractivity contribution in [2.45, 2.75) is 26.3 Å². The Bertz CT molecular complexity index is 1010. The molecular formula is C18H23N7O3. The number of carbonyl (C=O) groups is 2. The van der Waals surface area contributed by atoms with E-state index in [4.69, 9.17) is 0 Å². The Morgan fingerprint density at radius 2 is 1.93 bits per heavy atom. The molecule has 0 unspecified atom stereocenters. The number of aromatic nitrogens is 5. The molecule has 3 aliphatic rings. The van der Waals surface area contributed by atoms with Crippen LogP contribution in [0.15, 0.2) is 11.0 Å². The molecule has 0 aromatic carbocycles. The number of imidazole rings is 1. The van der Waals surface area contributed by atoms with Gasteiger partial charge in [0.05, 0.1) is 0 Å². The number of aromatic amines is 1. The van der Waals surface area contributed by atoms with E-state index >= 15 is 0 Å². The maximum atomic E-state index is 12.9. The number of fused-ring (bicyclic) bond motifs is 2. The second-order valence-corrected chi connectivity index (χ2v) is 8.46. The van der Waals surface area contributed by atoms with Crippen LogP contribution in [-0.4, -0.2) is 72.1 Å². The lowest BCUT2D eigenvalue weighted by atomic mass is 9.83. The van der Waals surface area contributed by atoms with Gasteiger partial charge in [0.1, 0.15) is 11.5 Å². The van der Waals surface area contributed by atoms with Crippen LogP contribution in [0.5, 0.6) is 0 Å². The van der Waals surface area contributed by atoms with E-state index in [9.17, 15) is 14.4 Å². The number of carbonyl (C=O) groups excluding carboxylic acids is 2. The molecule has 0 aliphatic carbocycles. The van der Waals surface area contributed by atoms with Gasteiger partial charge >= 0.3 is 5.69 Å². The molecule has 5 rings (SSSR count). The Hall–Kier alpha value is -2.91. The Kier molecular flexibility index (Phi) is 3.56. The van der Waals surface area contributed by atoms with Gasteiger partial charge in [0, 0.05) is 63.7 Å². The summed E-state index contributed by atoms with van der Waals surface area (Å²) in [6.07, 6.45) is 3.89. The zero-order chi connectivity index (χ0) is 19.6. The van der Waals surface area contributed by atoms with Crippen molar-refractivity contribution in [3.63, 3.8) is 0 Å². The smallest absolute Gasteiger partial charge is 0.336 e. The van der Waals surface area contributed by atoms with Gasteiger partial charge in [-0.3, -0.25) is 14.6 Å². The third-order valence-corrected chi connectivity index (χ3v) is 6.40. The van der Waals surface area contributed by atoms with E-state index in [0.717, 1.165) is 29.9 Å². The van der Waals surface area contributed by atoms with Crippen molar-refractivity contribution in [1.29, 1.82) is 0 Å². The fourth-order valence-electron chi connectivity index (χ4n) is 4.82. The van der Waals surface area contributed by atoms with Crippen LogP contribution in [0.25, 0.3) is 0 Å². The second kappa shape index (κ2) is 5.79. The topological polar surface area (TPSA) is 109 Å². The number of aryl methyl sites for hydroxylation is 3. The van der Waals surface area contributed by atoms with E-state index in [1.54, 1.807) is 4.90 Å². The summed E-state index contributed by atoms with van der Waals surface area (Å²) in [4.78, 5) is 47.8. The van der Waals surface area contributed by atoms with Crippen molar-refractivity contribution in [1.82, 2.24) is 34.1 Å². The lowest BCUT2D eigenvalue weighted by Gasteiger charge is -2.24. The monoisotopic (exact) mass is 385 g/mol. The van der Waals surface area contributed by atoms with Crippen molar-refractivity contribution in [2.75, 3.05) is 26.2 Å². The van der Waals surface area contributed by atoms with Crippen LogP contribution in [0.2, 0.25) is 0 Å². The molecule has 0 spiro atoms. The predicted molar refractivity (Wildman–Crippen MR) is 97.8 cm³/mol. The third kappa shape index (κ3) is 2.50. The Labute approximate surface area is 161 Å². The van der Waals surface area contributed by atoms with Crippen LogP contribution >= 0.6 is 0 Å². The quantitative estimate of drug-likeness (QED) is 0.749. The maximum absolute atomic E-state index is 12.9. The summed E-state index contributed by atoms with van der Waals surface area (Å²) in [6.45, 7) is 5.35. The van der Waals surface area contributed by atoms with Gasteiger partial charge in [0.2, 0.25) is 5.82 Å². The number of hydrogen-bond acceptors (Lipinski definition) is 5. The van der Waals surface area contributed by atoms with Crippen molar-refractivity contribution >= 4 is 11.8 Å². The molecule has 0 saturated carbocycles. The molecule has 5 heterocycles. The highest BCUT2D eigenvalue weighted by Gasteiger charge is 2.52. The lowest BCUT2D eigenvalue weighted by molar-refractivity contribution is 0.0711. The van der Waals surface area contributed by atoms with Crippen molar-refractivity contribution < 1.29 is 9.59 Å². The minimum Gasteiger partial charge on any atom is -0.336 e. The van der Waals surface area contributed by atoms with Crippen LogP contribution in [0.3, 0.4) is 0 Å². The number of amides is 2. The minimum atomic E-state index is -0.405. The van der Waals surface area contributed by atoms with Crippen LogP contribution < -0.4 is 5.69 Å². The van der Waals surface area contributed by atoms with Gasteiger partial charge in [-0.2, -0.15) is 0 Å². The summed E-state index contributed by atoms with van der Waals surface area (Å²) >= 11 is 0. The highest BCUT2D eigenvalue weighted by atomic mass is 16.2. The molecule has 28 heavy (non-hydrogen) atoms. The molecule has 148 valence electrons. The normalized spacial score (nSPS) is 26.0. The standard InChI is InChI=1S/C18H23N7O3/c1-18-9-24(15(26)12-8-23-5-3-4-13(23)19-12)6-11(18)7-25(10-18)16(27)14-20-17(28)22(2)21-14/h8,11H,3-7,9-10H2,1-2H3,(H,20,21,28)/t11-,18+/m0/s1. The number of nitrogens with zero attached hydrogens (tertiary/aromatic N) is 6. The van der Waals surface area contributed by atoms with E-state index in [1.165, 1.54) is 7.05 Å². The molecule has 2 saturated heterocycles. The Balaban J connectivity index is 1.29. The number of nitrogens with one attached hydrogen (secondary N) is 1. The molecular weight excluding hydrogens is 362 g/mol. The van der Waals surface area contributed by atoms with E-state index in [0.29, 0.717) is 31.9 Å². The largest absolute Gasteiger partial charge is 0.343 e. The van der Waals surface area contributed by atoms with Crippen molar-refractivity contribution in [3.8, 4) is 0 Å². The molecule has 3 aliphatic heterocycles. The second-order valence-electron chi connectivity index (χ2n) is 8.46. The first kappa shape index (κ1) is 17.2. The summed E-state index contributed by atoms with van der Waals surface area (Å²) in [5.74, 6) is 0.970. The molecule has 1 N–H and O–H groups in total. The van der Waals surface area contributed by atoms with E-state index < -0.39 is 5.69 Å². The number of hydrogen-bond donors (Lipinski definition) is 1. The van der Waals surface area contributed by atoms with Gasteiger partial charge in [0.25, 0.3) is 11.8 Å². The van der Waals surface area contributed by atoms with Gasteiger partial charge in [0.15, 0.2) is 0 Å². The van der Waals surface area contributed by atoms with Gasteiger partial charge in [-0.15, -0.1) is 5.10 Å². The number of likely N-dealkylation sites (tertiary alicyclic amines) is 2. The summed E-state index contributed by atoms with van der Waals surface area (Å²) in [5, 5.41) is 3.96. The Morgan fingerprint density at radius 3 is 2.54 bits per heavy atom. The first-order valence-electron chi connectivity index (χ1n) is 9.62. The molecule has 10 heteroatoms. The van der Waals surface area contributed by atoms with E-state index in [2.05, 4.69) is 26.6 Å².